The topological polar surface area (TPSA) is 18.5 Å². The van der Waals surface area contributed by atoms with Crippen molar-refractivity contribution in [2.24, 2.45) is 5.92 Å². The Bertz CT molecular complexity index is 382. The monoisotopic (exact) mass is 318 g/mol. The highest BCUT2D eigenvalue weighted by Crippen LogP contribution is 2.36. The van der Waals surface area contributed by atoms with Crippen molar-refractivity contribution in [3.05, 3.63) is 22.7 Å². The SMILES string of the molecule is CCCCC(CC)COc1c(CCl)cc(Cl)cc1OC. The molecule has 0 amide bonds. The number of hydrogen-bond donors (Lipinski definition) is 0. The second kappa shape index (κ2) is 9.36. The maximum absolute atomic E-state index is 6.04. The first kappa shape index (κ1) is 17.5. The van der Waals surface area contributed by atoms with Crippen molar-refractivity contribution in [1.82, 2.24) is 0 Å². The summed E-state index contributed by atoms with van der Waals surface area (Å²) in [5, 5.41) is 0.614. The van der Waals surface area contributed by atoms with E-state index in [2.05, 4.69) is 13.8 Å². The van der Waals surface area contributed by atoms with Crippen LogP contribution in [0, 0.1) is 5.92 Å². The summed E-state index contributed by atoms with van der Waals surface area (Å²) in [5.41, 5.74) is 0.876. The molecule has 0 aliphatic rings. The molecule has 0 saturated carbocycles. The standard InChI is InChI=1S/C16H24Cl2O2/c1-4-6-7-12(5-2)11-20-16-13(10-17)8-14(18)9-15(16)19-3/h8-9,12H,4-7,10-11H2,1-3H3. The highest BCUT2D eigenvalue weighted by atomic mass is 35.5. The van der Waals surface area contributed by atoms with Crippen molar-refractivity contribution in [2.45, 2.75) is 45.4 Å². The first-order chi connectivity index (χ1) is 9.65. The Labute approximate surface area is 132 Å². The summed E-state index contributed by atoms with van der Waals surface area (Å²) in [6.07, 6.45) is 4.76. The molecule has 0 saturated heterocycles. The van der Waals surface area contributed by atoms with Crippen LogP contribution < -0.4 is 9.47 Å². The second-order valence-electron chi connectivity index (χ2n) is 4.96. The number of benzene rings is 1. The van der Waals surface area contributed by atoms with Gasteiger partial charge in [0.25, 0.3) is 0 Å². The van der Waals surface area contributed by atoms with Gasteiger partial charge in [-0.05, 0) is 18.4 Å². The van der Waals surface area contributed by atoms with Gasteiger partial charge in [-0.15, -0.1) is 11.6 Å². The first-order valence-electron chi connectivity index (χ1n) is 7.21. The van der Waals surface area contributed by atoms with Gasteiger partial charge in [-0.25, -0.2) is 0 Å². The van der Waals surface area contributed by atoms with Gasteiger partial charge in [0.05, 0.1) is 19.6 Å². The Morgan fingerprint density at radius 2 is 2.00 bits per heavy atom. The smallest absolute Gasteiger partial charge is 0.165 e. The van der Waals surface area contributed by atoms with Crippen molar-refractivity contribution >= 4 is 23.2 Å². The molecule has 2 nitrogen and oxygen atoms in total. The zero-order chi connectivity index (χ0) is 15.0. The predicted octanol–water partition coefficient (Wildman–Crippen LogP) is 5.68. The third-order valence-corrected chi connectivity index (χ3v) is 3.97. The van der Waals surface area contributed by atoms with Gasteiger partial charge in [-0.1, -0.05) is 44.7 Å². The van der Waals surface area contributed by atoms with Crippen LogP contribution in [-0.2, 0) is 5.88 Å². The van der Waals surface area contributed by atoms with E-state index in [4.69, 9.17) is 32.7 Å². The summed E-state index contributed by atoms with van der Waals surface area (Å²) in [4.78, 5) is 0. The number of methoxy groups -OCH3 is 1. The van der Waals surface area contributed by atoms with E-state index in [9.17, 15) is 0 Å². The van der Waals surface area contributed by atoms with Gasteiger partial charge in [-0.2, -0.15) is 0 Å². The molecular formula is C16H24Cl2O2. The van der Waals surface area contributed by atoms with E-state index in [0.717, 1.165) is 17.7 Å². The van der Waals surface area contributed by atoms with Crippen molar-refractivity contribution in [3.8, 4) is 11.5 Å². The molecule has 20 heavy (non-hydrogen) atoms. The van der Waals surface area contributed by atoms with E-state index >= 15 is 0 Å². The molecule has 1 unspecified atom stereocenters. The summed E-state index contributed by atoms with van der Waals surface area (Å²) < 4.78 is 11.3. The molecular weight excluding hydrogens is 295 g/mol. The van der Waals surface area contributed by atoms with Crippen LogP contribution in [0.15, 0.2) is 12.1 Å². The number of alkyl halides is 1. The molecule has 0 spiro atoms. The number of ether oxygens (including phenoxy) is 2. The number of halogens is 2. The lowest BCUT2D eigenvalue weighted by molar-refractivity contribution is 0.223. The molecule has 0 aromatic heterocycles. The fourth-order valence-electron chi connectivity index (χ4n) is 2.14. The maximum atomic E-state index is 6.04. The average Bonchev–Trinajstić information content (AvgIpc) is 2.47. The van der Waals surface area contributed by atoms with E-state index in [1.165, 1.54) is 19.3 Å². The molecule has 0 fully saturated rings. The van der Waals surface area contributed by atoms with Crippen LogP contribution in [0.25, 0.3) is 0 Å². The molecule has 0 aliphatic heterocycles. The molecule has 1 aromatic carbocycles. The van der Waals surface area contributed by atoms with Gasteiger partial charge in [0.15, 0.2) is 11.5 Å². The highest BCUT2D eigenvalue weighted by Gasteiger charge is 2.14. The van der Waals surface area contributed by atoms with Gasteiger partial charge >= 0.3 is 0 Å². The predicted molar refractivity (Wildman–Crippen MR) is 86.4 cm³/mol. The zero-order valence-corrected chi connectivity index (χ0v) is 14.1. The normalized spacial score (nSPS) is 12.2. The summed E-state index contributed by atoms with van der Waals surface area (Å²) in [6.45, 7) is 5.10. The van der Waals surface area contributed by atoms with Gasteiger partial charge in [0.1, 0.15) is 0 Å². The second-order valence-corrected chi connectivity index (χ2v) is 5.66. The largest absolute Gasteiger partial charge is 0.493 e. The molecule has 1 atom stereocenters. The molecule has 114 valence electrons. The molecule has 1 aromatic rings. The third kappa shape index (κ3) is 5.06. The van der Waals surface area contributed by atoms with Crippen LogP contribution in [0.1, 0.15) is 45.1 Å². The molecule has 0 radical (unpaired) electrons. The van der Waals surface area contributed by atoms with Crippen LogP contribution in [0.4, 0.5) is 0 Å². The van der Waals surface area contributed by atoms with Crippen LogP contribution >= 0.6 is 23.2 Å². The van der Waals surface area contributed by atoms with E-state index in [1.54, 1.807) is 13.2 Å². The minimum absolute atomic E-state index is 0.359. The van der Waals surface area contributed by atoms with Gasteiger partial charge in [-0.3, -0.25) is 0 Å². The lowest BCUT2D eigenvalue weighted by atomic mass is 10.0. The van der Waals surface area contributed by atoms with Crippen LogP contribution in [0.5, 0.6) is 11.5 Å². The minimum Gasteiger partial charge on any atom is -0.493 e. The van der Waals surface area contributed by atoms with Gasteiger partial charge in [0.2, 0.25) is 0 Å². The maximum Gasteiger partial charge on any atom is 0.165 e. The Balaban J connectivity index is 2.79. The van der Waals surface area contributed by atoms with Crippen LogP contribution in [0.3, 0.4) is 0 Å². The lowest BCUT2D eigenvalue weighted by Gasteiger charge is -2.19. The van der Waals surface area contributed by atoms with E-state index in [1.807, 2.05) is 6.07 Å². The first-order valence-corrected chi connectivity index (χ1v) is 8.12. The van der Waals surface area contributed by atoms with Crippen LogP contribution in [-0.4, -0.2) is 13.7 Å². The van der Waals surface area contributed by atoms with E-state index < -0.39 is 0 Å². The van der Waals surface area contributed by atoms with Crippen LogP contribution in [0.2, 0.25) is 5.02 Å². The Morgan fingerprint density at radius 1 is 1.25 bits per heavy atom. The number of rotatable bonds is 9. The summed E-state index contributed by atoms with van der Waals surface area (Å²) in [7, 11) is 1.62. The Hall–Kier alpha value is -0.600. The molecule has 1 rings (SSSR count). The Morgan fingerprint density at radius 3 is 2.55 bits per heavy atom. The lowest BCUT2D eigenvalue weighted by Crippen LogP contribution is -2.12. The molecule has 0 N–H and O–H groups in total. The van der Waals surface area contributed by atoms with Crippen molar-refractivity contribution in [3.63, 3.8) is 0 Å². The zero-order valence-electron chi connectivity index (χ0n) is 12.5. The van der Waals surface area contributed by atoms with Crippen molar-refractivity contribution < 1.29 is 9.47 Å². The molecule has 0 heterocycles. The van der Waals surface area contributed by atoms with Gasteiger partial charge in [0, 0.05) is 16.7 Å². The fraction of sp³-hybridized carbons (Fsp3) is 0.625. The van der Waals surface area contributed by atoms with Crippen molar-refractivity contribution in [2.75, 3.05) is 13.7 Å². The summed E-state index contributed by atoms with van der Waals surface area (Å²) in [5.74, 6) is 2.30. The minimum atomic E-state index is 0.359. The third-order valence-electron chi connectivity index (χ3n) is 3.47. The van der Waals surface area contributed by atoms with Crippen molar-refractivity contribution in [1.29, 1.82) is 0 Å². The summed E-state index contributed by atoms with van der Waals surface area (Å²) in [6, 6.07) is 3.60. The van der Waals surface area contributed by atoms with E-state index in [0.29, 0.717) is 29.2 Å². The fourth-order valence-corrected chi connectivity index (χ4v) is 2.57. The highest BCUT2D eigenvalue weighted by molar-refractivity contribution is 6.31. The van der Waals surface area contributed by atoms with E-state index in [-0.39, 0.29) is 0 Å². The Kier molecular flexibility index (Phi) is 8.16. The molecule has 0 bridgehead atoms. The average molecular weight is 319 g/mol. The molecule has 0 aliphatic carbocycles. The summed E-state index contributed by atoms with van der Waals surface area (Å²) >= 11 is 12.0. The number of unbranched alkanes of at least 4 members (excludes halogenated alkanes) is 1. The molecule has 4 heteroatoms. The van der Waals surface area contributed by atoms with Gasteiger partial charge < -0.3 is 9.47 Å². The number of hydrogen-bond acceptors (Lipinski definition) is 2. The quantitative estimate of drug-likeness (QED) is 0.545.